The van der Waals surface area contributed by atoms with E-state index in [1.165, 1.54) is 61.0 Å². The molecule has 6 N–H and O–H groups in total. The Hall–Kier alpha value is -13.5. The number of hydrogen-bond donors (Lipinski definition) is 4. The van der Waals surface area contributed by atoms with E-state index in [1.54, 1.807) is 70.6 Å². The molecular weight excluding hydrogens is 1800 g/mol. The third-order valence-electron chi connectivity index (χ3n) is 24.0. The maximum atomic E-state index is 14.2. The van der Waals surface area contributed by atoms with Crippen molar-refractivity contribution in [1.29, 1.82) is 0 Å². The number of aryl methyl sites for hydroxylation is 4. The Labute approximate surface area is 792 Å². The van der Waals surface area contributed by atoms with E-state index in [0.717, 1.165) is 141 Å². The van der Waals surface area contributed by atoms with Crippen molar-refractivity contribution in [1.82, 2.24) is 92.2 Å². The summed E-state index contributed by atoms with van der Waals surface area (Å²) in [4.78, 5) is 32.6. The van der Waals surface area contributed by atoms with Gasteiger partial charge >= 0.3 is 0 Å². The van der Waals surface area contributed by atoms with Gasteiger partial charge < -0.3 is 73.0 Å². The summed E-state index contributed by atoms with van der Waals surface area (Å²) in [6.45, 7) is 13.9. The van der Waals surface area contributed by atoms with Gasteiger partial charge in [0.2, 0.25) is 0 Å². The lowest BCUT2D eigenvalue weighted by Gasteiger charge is -2.26. The highest BCUT2D eigenvalue weighted by Crippen LogP contribution is 2.38. The number of ether oxygens (including phenoxy) is 6. The van der Waals surface area contributed by atoms with Gasteiger partial charge in [-0.1, -0.05) is 0 Å². The van der Waals surface area contributed by atoms with Crippen LogP contribution in [0.25, 0.3) is 67.1 Å². The molecule has 16 aromatic rings. The molecule has 722 valence electrons. The lowest BCUT2D eigenvalue weighted by Crippen LogP contribution is -2.41. The first-order chi connectivity index (χ1) is 65.8. The third-order valence-corrected chi connectivity index (χ3v) is 25.6. The quantitative estimate of drug-likeness (QED) is 0.0268. The van der Waals surface area contributed by atoms with Gasteiger partial charge in [-0.15, -0.1) is 0 Å². The summed E-state index contributed by atoms with van der Waals surface area (Å²) in [6.07, 6.45) is 21.0. The first-order valence-corrected chi connectivity index (χ1v) is 48.9. The number of fused-ring (bicyclic) bond motifs is 4. The van der Waals surface area contributed by atoms with Crippen LogP contribution in [0.4, 0.5) is 17.6 Å². The summed E-state index contributed by atoms with van der Waals surface area (Å²) in [5.74, 6) is -0.109. The van der Waals surface area contributed by atoms with E-state index in [1.807, 2.05) is 170 Å². The van der Waals surface area contributed by atoms with Crippen LogP contribution < -0.4 is 41.0 Å². The minimum atomic E-state index is -3.23. The van der Waals surface area contributed by atoms with Crippen LogP contribution in [0.5, 0.6) is 23.0 Å². The number of benzene rings is 4. The molecule has 4 aromatic carbocycles. The van der Waals surface area contributed by atoms with Gasteiger partial charge in [0.25, 0.3) is 5.91 Å². The molecule has 0 bridgehead atoms. The number of nitrogens with two attached hydrogens (primary N) is 2. The summed E-state index contributed by atoms with van der Waals surface area (Å²) < 4.78 is 154. The second kappa shape index (κ2) is 44.6. The highest BCUT2D eigenvalue weighted by Gasteiger charge is 2.28. The highest BCUT2D eigenvalue weighted by atomic mass is 32.2. The molecule has 0 spiro atoms. The summed E-state index contributed by atoms with van der Waals surface area (Å²) in [6, 6.07) is 33.6. The smallest absolute Gasteiger partial charge is 0.274 e. The zero-order valence-electron chi connectivity index (χ0n) is 79.1. The summed E-state index contributed by atoms with van der Waals surface area (Å²) in [5, 5.41) is 24.0. The molecule has 17 rings (SSSR count). The number of nitrogens with one attached hydrogen (secondary N) is 2. The van der Waals surface area contributed by atoms with Crippen molar-refractivity contribution in [3.8, 4) is 67.5 Å². The molecular formula is C99H115F4N21O11S2. The zero-order valence-corrected chi connectivity index (χ0v) is 80.7. The molecule has 0 radical (unpaired) electrons. The lowest BCUT2D eigenvalue weighted by atomic mass is 10.1. The predicted molar refractivity (Wildman–Crippen MR) is 516 cm³/mol. The monoisotopic (exact) mass is 1910 g/mol. The van der Waals surface area contributed by atoms with Crippen LogP contribution in [-0.2, 0) is 127 Å². The Morgan fingerprint density at radius 2 is 0.715 bits per heavy atom. The van der Waals surface area contributed by atoms with E-state index in [4.69, 9.17) is 39.9 Å². The number of sulfone groups is 2. The summed E-state index contributed by atoms with van der Waals surface area (Å²) in [5.41, 5.74) is 35.2. The number of carbonyl (C=O) groups excluding carboxylic acids is 1. The predicted octanol–water partition coefficient (Wildman–Crippen LogP) is 12.4. The van der Waals surface area contributed by atoms with E-state index in [0.29, 0.717) is 144 Å². The Morgan fingerprint density at radius 1 is 0.416 bits per heavy atom. The number of carbonyl (C=O) groups is 1. The first-order valence-electron chi connectivity index (χ1n) is 44.8. The SMILES string of the molecule is CNCc1cnc2ccc(-c3ccc(F)cc3OCCc3c(COC)nn(C)c3C)cn12.CNCc1cnc2ccc(-c3ccc(F)cc3OCCc3c(CS(C)(=O)=O)nn(C)c3C)cn12.Cc1c(CCOc2cc(F)ccc2-c2ccc3ncc(CCN)n3c2)c(C(=O)N2CCOCC2)nn1C.Cc1c(CCOc2cc(F)ccc2-c2ccc3ncc(CCN)n3c2)c(CS(C)(=O)=O)nn1C. The number of morpholine rings is 1. The number of methoxy groups -OCH3 is 1. The van der Waals surface area contributed by atoms with Crippen molar-refractivity contribution in [2.24, 2.45) is 39.7 Å². The van der Waals surface area contributed by atoms with Gasteiger partial charge in [-0.3, -0.25) is 23.5 Å². The zero-order chi connectivity index (χ0) is 97.5. The minimum Gasteiger partial charge on any atom is -0.492 e. The fourth-order valence-corrected chi connectivity index (χ4v) is 18.1. The Balaban J connectivity index is 0.000000146. The molecule has 38 heteroatoms. The van der Waals surface area contributed by atoms with Gasteiger partial charge in [0.1, 0.15) is 68.9 Å². The van der Waals surface area contributed by atoms with E-state index < -0.39 is 31.3 Å². The van der Waals surface area contributed by atoms with E-state index in [-0.39, 0.29) is 48.9 Å². The number of rotatable bonds is 35. The van der Waals surface area contributed by atoms with E-state index in [2.05, 4.69) is 51.0 Å². The average Bonchev–Trinajstić information content (AvgIpc) is 1.59. The lowest BCUT2D eigenvalue weighted by molar-refractivity contribution is 0.0297. The number of halogens is 4. The van der Waals surface area contributed by atoms with Crippen LogP contribution in [0.2, 0.25) is 0 Å². The van der Waals surface area contributed by atoms with Crippen molar-refractivity contribution < 1.29 is 67.6 Å². The van der Waals surface area contributed by atoms with Crippen molar-refractivity contribution in [3.05, 3.63) is 285 Å². The normalized spacial score (nSPS) is 12.3. The Bertz CT molecular complexity index is 7010. The largest absolute Gasteiger partial charge is 0.492 e. The molecule has 1 aliphatic rings. The molecule has 1 amide bonds. The Morgan fingerprint density at radius 3 is 1.04 bits per heavy atom. The molecule has 1 saturated heterocycles. The molecule has 0 saturated carbocycles. The summed E-state index contributed by atoms with van der Waals surface area (Å²) >= 11 is 0. The topological polar surface area (TPSA) is 361 Å². The van der Waals surface area contributed by atoms with Crippen molar-refractivity contribution in [2.75, 3.05) is 99.5 Å². The van der Waals surface area contributed by atoms with Crippen molar-refractivity contribution in [2.45, 2.75) is 97.4 Å². The summed E-state index contributed by atoms with van der Waals surface area (Å²) in [7, 11) is 6.27. The fraction of sp³-hybridized carbons (Fsp3) is 0.343. The van der Waals surface area contributed by atoms with Gasteiger partial charge in [0.15, 0.2) is 25.4 Å². The Kier molecular flexibility index (Phi) is 32.4. The van der Waals surface area contributed by atoms with Gasteiger partial charge in [0.05, 0.1) is 98.6 Å². The van der Waals surface area contributed by atoms with E-state index in [9.17, 15) is 39.2 Å². The van der Waals surface area contributed by atoms with Crippen LogP contribution >= 0.6 is 0 Å². The number of hydrogen-bond acceptors (Lipinski definition) is 23. The van der Waals surface area contributed by atoms with Crippen LogP contribution in [-0.4, -0.2) is 204 Å². The second-order valence-corrected chi connectivity index (χ2v) is 37.9. The maximum absolute atomic E-state index is 14.2. The van der Waals surface area contributed by atoms with Crippen LogP contribution in [0.15, 0.2) is 171 Å². The van der Waals surface area contributed by atoms with Gasteiger partial charge in [-0.25, -0.2) is 54.3 Å². The molecule has 0 atom stereocenters. The molecule has 1 aliphatic heterocycles. The molecule has 1 fully saturated rings. The molecule has 32 nitrogen and oxygen atoms in total. The van der Waals surface area contributed by atoms with Crippen LogP contribution in [0, 0.1) is 51.0 Å². The van der Waals surface area contributed by atoms with Crippen molar-refractivity contribution in [3.63, 3.8) is 0 Å². The number of pyridine rings is 4. The molecule has 12 aromatic heterocycles. The van der Waals surface area contributed by atoms with Gasteiger partial charge in [-0.05, 0) is 152 Å². The maximum Gasteiger partial charge on any atom is 0.274 e. The number of amides is 1. The van der Waals surface area contributed by atoms with Crippen LogP contribution in [0.3, 0.4) is 0 Å². The molecule has 0 aliphatic carbocycles. The van der Waals surface area contributed by atoms with E-state index >= 15 is 0 Å². The fourth-order valence-electron chi connectivity index (χ4n) is 16.7. The number of aromatic nitrogens is 16. The average molecular weight is 1920 g/mol. The second-order valence-electron chi connectivity index (χ2n) is 33.6. The first kappa shape index (κ1) is 99.5. The standard InChI is InChI=1S/C27H31FN6O3.2C24H28FN5O3S.C24H28FN5O2/c1-18-22(26(31-32(18)2)27(35)33-10-13-36-14-11-33)8-12-37-24-15-20(28)4-5-23(24)19-3-6-25-30-16-21(7-9-29)34(25)17-19;1-16-20(22(28-29(16)3)15-34(4,31)32)9-10-33-23-11-18(25)6-7-21(23)17-5-8-24-27-13-19(12-26-2)30(24)14-17;1-16-20(22(28-29(16)2)15-34(3,31)32)9-11-33-23-12-18(25)5-6-21(23)17-4-7-24-27-13-19(8-10-26)30(24)14-17;1-16-20(22(15-31-4)28-29(16)3)9-10-32-23-11-18(25)6-7-21(23)17-5-8-24-27-13-19(12-26-2)30(24)14-17/h3-6,15-17H,7-14,29H2,1-2H3;5-8,11,13-14,26H,9-10,12,15H2,1-4H3;4-7,12-14H,8-11,15,26H2,1-3H3;5-8,11,13-14,26H,9-10,12,15H2,1-4H3. The molecule has 0 unspecified atom stereocenters. The minimum absolute atomic E-state index is 0.102. The molecule has 13 heterocycles. The van der Waals surface area contributed by atoms with Gasteiger partial charge in [0, 0.05) is 275 Å². The third kappa shape index (κ3) is 24.1. The van der Waals surface area contributed by atoms with Gasteiger partial charge in [-0.2, -0.15) is 20.4 Å². The van der Waals surface area contributed by atoms with Crippen LogP contribution in [0.1, 0.15) is 95.4 Å². The number of nitrogens with zero attached hydrogens (tertiary/aromatic N) is 17. The highest BCUT2D eigenvalue weighted by molar-refractivity contribution is 7.90. The van der Waals surface area contributed by atoms with Crippen molar-refractivity contribution >= 4 is 48.2 Å². The molecule has 137 heavy (non-hydrogen) atoms. The number of imidazole rings is 4.